The first-order valence-electron chi connectivity index (χ1n) is 6.18. The number of hydrogen-bond donors (Lipinski definition) is 1. The standard InChI is InChI=1S/C14H14BrN3S/c15-12-5-8-19-13(12)4-6-16-9-11-10-18-7-2-1-3-14(18)17-11/h1-3,5,7-8,10,16H,4,6,9H2. The summed E-state index contributed by atoms with van der Waals surface area (Å²) in [7, 11) is 0. The number of aromatic nitrogens is 2. The van der Waals surface area contributed by atoms with Gasteiger partial charge in [0, 0.05) is 34.8 Å². The first kappa shape index (κ1) is 12.8. The van der Waals surface area contributed by atoms with Gasteiger partial charge in [-0.15, -0.1) is 11.3 Å². The molecular formula is C14H14BrN3S. The minimum absolute atomic E-state index is 0.810. The highest BCUT2D eigenvalue weighted by Gasteiger charge is 2.02. The van der Waals surface area contributed by atoms with Crippen LogP contribution in [0, 0.1) is 0 Å². The summed E-state index contributed by atoms with van der Waals surface area (Å²) >= 11 is 5.35. The second kappa shape index (κ2) is 5.86. The Bertz CT molecular complexity index is 641. The van der Waals surface area contributed by atoms with E-state index in [0.717, 1.165) is 30.9 Å². The van der Waals surface area contributed by atoms with Crippen molar-refractivity contribution >= 4 is 32.9 Å². The smallest absolute Gasteiger partial charge is 0.137 e. The van der Waals surface area contributed by atoms with E-state index in [1.165, 1.54) is 9.35 Å². The molecule has 3 rings (SSSR count). The van der Waals surface area contributed by atoms with E-state index in [4.69, 9.17) is 0 Å². The molecule has 98 valence electrons. The third-order valence-corrected chi connectivity index (χ3v) is 4.93. The molecule has 0 radical (unpaired) electrons. The van der Waals surface area contributed by atoms with Crippen molar-refractivity contribution in [2.45, 2.75) is 13.0 Å². The van der Waals surface area contributed by atoms with Crippen LogP contribution >= 0.6 is 27.3 Å². The van der Waals surface area contributed by atoms with Crippen LogP contribution in [0.15, 0.2) is 46.5 Å². The van der Waals surface area contributed by atoms with E-state index < -0.39 is 0 Å². The van der Waals surface area contributed by atoms with Crippen molar-refractivity contribution in [3.8, 4) is 0 Å². The molecule has 0 spiro atoms. The summed E-state index contributed by atoms with van der Waals surface area (Å²) in [6.45, 7) is 1.78. The Hall–Kier alpha value is -1.17. The minimum Gasteiger partial charge on any atom is -0.311 e. The van der Waals surface area contributed by atoms with Crippen molar-refractivity contribution in [2.24, 2.45) is 0 Å². The van der Waals surface area contributed by atoms with Crippen molar-refractivity contribution in [3.05, 3.63) is 57.1 Å². The average Bonchev–Trinajstić information content (AvgIpc) is 3.00. The Balaban J connectivity index is 1.53. The monoisotopic (exact) mass is 335 g/mol. The molecular weight excluding hydrogens is 322 g/mol. The molecule has 3 heterocycles. The summed E-state index contributed by atoms with van der Waals surface area (Å²) < 4.78 is 3.26. The molecule has 1 N–H and O–H groups in total. The highest BCUT2D eigenvalue weighted by atomic mass is 79.9. The van der Waals surface area contributed by atoms with E-state index >= 15 is 0 Å². The van der Waals surface area contributed by atoms with Gasteiger partial charge >= 0.3 is 0 Å². The lowest BCUT2D eigenvalue weighted by molar-refractivity contribution is 0.680. The van der Waals surface area contributed by atoms with Crippen molar-refractivity contribution in [1.82, 2.24) is 14.7 Å². The molecule has 0 aromatic carbocycles. The third-order valence-electron chi connectivity index (χ3n) is 2.94. The van der Waals surface area contributed by atoms with E-state index in [2.05, 4.69) is 43.9 Å². The van der Waals surface area contributed by atoms with Crippen LogP contribution in [0.2, 0.25) is 0 Å². The summed E-state index contributed by atoms with van der Waals surface area (Å²) in [4.78, 5) is 5.95. The maximum atomic E-state index is 4.56. The molecule has 0 saturated heterocycles. The van der Waals surface area contributed by atoms with E-state index in [0.29, 0.717) is 0 Å². The normalized spacial score (nSPS) is 11.2. The maximum Gasteiger partial charge on any atom is 0.137 e. The Morgan fingerprint density at radius 2 is 2.26 bits per heavy atom. The summed E-state index contributed by atoms with van der Waals surface area (Å²) in [5.41, 5.74) is 2.08. The SMILES string of the molecule is Brc1ccsc1CCNCc1cn2ccccc2n1. The fourth-order valence-electron chi connectivity index (χ4n) is 1.99. The number of thiophene rings is 1. The minimum atomic E-state index is 0.810. The van der Waals surface area contributed by atoms with Crippen LogP contribution in [-0.2, 0) is 13.0 Å². The van der Waals surface area contributed by atoms with Crippen LogP contribution in [0.4, 0.5) is 0 Å². The molecule has 0 aliphatic heterocycles. The zero-order chi connectivity index (χ0) is 13.1. The lowest BCUT2D eigenvalue weighted by Crippen LogP contribution is -2.16. The molecule has 0 aliphatic rings. The molecule has 0 amide bonds. The second-order valence-electron chi connectivity index (χ2n) is 4.32. The third kappa shape index (κ3) is 3.05. The van der Waals surface area contributed by atoms with Gasteiger partial charge in [0.1, 0.15) is 5.65 Å². The van der Waals surface area contributed by atoms with Gasteiger partial charge in [-0.25, -0.2) is 4.98 Å². The van der Waals surface area contributed by atoms with Crippen LogP contribution in [-0.4, -0.2) is 15.9 Å². The molecule has 0 fully saturated rings. The van der Waals surface area contributed by atoms with Gasteiger partial charge in [0.05, 0.1) is 5.69 Å². The lowest BCUT2D eigenvalue weighted by atomic mass is 10.3. The highest BCUT2D eigenvalue weighted by molar-refractivity contribution is 9.10. The first-order valence-corrected chi connectivity index (χ1v) is 7.85. The highest BCUT2D eigenvalue weighted by Crippen LogP contribution is 2.22. The van der Waals surface area contributed by atoms with Crippen LogP contribution in [0.25, 0.3) is 5.65 Å². The van der Waals surface area contributed by atoms with Gasteiger partial charge in [-0.1, -0.05) is 6.07 Å². The average molecular weight is 336 g/mol. The summed E-state index contributed by atoms with van der Waals surface area (Å²) in [5.74, 6) is 0. The van der Waals surface area contributed by atoms with Crippen molar-refractivity contribution in [1.29, 1.82) is 0 Å². The molecule has 0 aliphatic carbocycles. The zero-order valence-electron chi connectivity index (χ0n) is 10.3. The van der Waals surface area contributed by atoms with Gasteiger partial charge in [0.2, 0.25) is 0 Å². The van der Waals surface area contributed by atoms with Crippen molar-refractivity contribution in [3.63, 3.8) is 0 Å². The molecule has 0 unspecified atom stereocenters. The quantitative estimate of drug-likeness (QED) is 0.723. The Labute approximate surface area is 124 Å². The van der Waals surface area contributed by atoms with Crippen LogP contribution < -0.4 is 5.32 Å². The largest absolute Gasteiger partial charge is 0.311 e. The molecule has 3 aromatic rings. The zero-order valence-corrected chi connectivity index (χ0v) is 12.7. The summed E-state index contributed by atoms with van der Waals surface area (Å²) in [5, 5.41) is 5.55. The number of halogens is 1. The first-order chi connectivity index (χ1) is 9.33. The lowest BCUT2D eigenvalue weighted by Gasteiger charge is -2.01. The van der Waals surface area contributed by atoms with Crippen LogP contribution in [0.1, 0.15) is 10.6 Å². The molecule has 3 aromatic heterocycles. The molecule has 3 nitrogen and oxygen atoms in total. The number of nitrogens with zero attached hydrogens (tertiary/aromatic N) is 2. The molecule has 19 heavy (non-hydrogen) atoms. The number of fused-ring (bicyclic) bond motifs is 1. The van der Waals surface area contributed by atoms with Crippen LogP contribution in [0.3, 0.4) is 0 Å². The number of nitrogens with one attached hydrogen (secondary N) is 1. The Kier molecular flexibility index (Phi) is 3.96. The van der Waals surface area contributed by atoms with E-state index in [9.17, 15) is 0 Å². The predicted molar refractivity (Wildman–Crippen MR) is 82.6 cm³/mol. The van der Waals surface area contributed by atoms with Crippen molar-refractivity contribution in [2.75, 3.05) is 6.54 Å². The van der Waals surface area contributed by atoms with Gasteiger partial charge in [0.15, 0.2) is 0 Å². The predicted octanol–water partition coefficient (Wildman–Crippen LogP) is 3.49. The van der Waals surface area contributed by atoms with Gasteiger partial charge in [-0.05, 0) is 45.9 Å². The number of hydrogen-bond acceptors (Lipinski definition) is 3. The summed E-state index contributed by atoms with van der Waals surface area (Å²) in [6, 6.07) is 8.14. The molecule has 5 heteroatoms. The number of imidazole rings is 1. The fourth-order valence-corrected chi connectivity index (χ4v) is 3.55. The van der Waals surface area contributed by atoms with Crippen molar-refractivity contribution < 1.29 is 0 Å². The topological polar surface area (TPSA) is 29.3 Å². The maximum absolute atomic E-state index is 4.56. The Morgan fingerprint density at radius 3 is 3.05 bits per heavy atom. The number of rotatable bonds is 5. The van der Waals surface area contributed by atoms with Gasteiger partial charge in [-0.3, -0.25) is 0 Å². The van der Waals surface area contributed by atoms with Gasteiger partial charge < -0.3 is 9.72 Å². The molecule has 0 saturated carbocycles. The van der Waals surface area contributed by atoms with E-state index in [-0.39, 0.29) is 0 Å². The van der Waals surface area contributed by atoms with Gasteiger partial charge in [0.25, 0.3) is 0 Å². The Morgan fingerprint density at radius 1 is 1.32 bits per heavy atom. The molecule has 0 atom stereocenters. The summed E-state index contributed by atoms with van der Waals surface area (Å²) in [6.07, 6.45) is 5.14. The van der Waals surface area contributed by atoms with Crippen LogP contribution in [0.5, 0.6) is 0 Å². The number of pyridine rings is 1. The second-order valence-corrected chi connectivity index (χ2v) is 6.17. The fraction of sp³-hybridized carbons (Fsp3) is 0.214. The van der Waals surface area contributed by atoms with Gasteiger partial charge in [-0.2, -0.15) is 0 Å². The van der Waals surface area contributed by atoms with E-state index in [1.54, 1.807) is 11.3 Å². The van der Waals surface area contributed by atoms with E-state index in [1.807, 2.05) is 28.8 Å². The molecule has 0 bridgehead atoms.